The van der Waals surface area contributed by atoms with Crippen molar-refractivity contribution in [2.75, 3.05) is 0 Å². The zero-order chi connectivity index (χ0) is 10.2. The average molecular weight is 195 g/mol. The average Bonchev–Trinajstić information content (AvgIpc) is 2.20. The van der Waals surface area contributed by atoms with Crippen LogP contribution in [0.3, 0.4) is 0 Å². The summed E-state index contributed by atoms with van der Waals surface area (Å²) < 4.78 is 0. The van der Waals surface area contributed by atoms with Crippen molar-refractivity contribution in [3.05, 3.63) is 11.8 Å². The van der Waals surface area contributed by atoms with Crippen molar-refractivity contribution in [2.24, 2.45) is 11.7 Å². The monoisotopic (exact) mass is 195 g/mol. The molecule has 0 amide bonds. The molecule has 1 aliphatic rings. The van der Waals surface area contributed by atoms with Gasteiger partial charge in [-0.15, -0.1) is 0 Å². The van der Waals surface area contributed by atoms with E-state index in [0.717, 1.165) is 18.0 Å². The first-order valence-electron chi connectivity index (χ1n) is 6.29. The lowest BCUT2D eigenvalue weighted by Gasteiger charge is -2.18. The summed E-state index contributed by atoms with van der Waals surface area (Å²) in [5, 5.41) is 0. The van der Waals surface area contributed by atoms with Gasteiger partial charge in [-0.1, -0.05) is 45.1 Å². The number of allylic oxidation sites excluding steroid dienone is 2. The molecule has 0 unspecified atom stereocenters. The molecule has 0 aromatic carbocycles. The molecule has 0 atom stereocenters. The van der Waals surface area contributed by atoms with E-state index in [-0.39, 0.29) is 0 Å². The third-order valence-electron chi connectivity index (χ3n) is 3.17. The fourth-order valence-corrected chi connectivity index (χ4v) is 2.27. The molecular weight excluding hydrogens is 170 g/mol. The standard InChI is InChI=1S/C13H25N/c1-2-3-5-10-13(14)11-12-8-6-4-7-9-12/h11-12H,2-10,14H2,1H3/b13-11+. The minimum atomic E-state index is 0.797. The summed E-state index contributed by atoms with van der Waals surface area (Å²) in [6, 6.07) is 0. The van der Waals surface area contributed by atoms with Crippen LogP contribution < -0.4 is 5.73 Å². The zero-order valence-electron chi connectivity index (χ0n) is 9.60. The number of hydrogen-bond donors (Lipinski definition) is 1. The summed E-state index contributed by atoms with van der Waals surface area (Å²) in [5.41, 5.74) is 7.15. The second-order valence-corrected chi connectivity index (χ2v) is 4.60. The van der Waals surface area contributed by atoms with Crippen LogP contribution >= 0.6 is 0 Å². The van der Waals surface area contributed by atoms with Crippen molar-refractivity contribution < 1.29 is 0 Å². The molecule has 0 aromatic rings. The maximum absolute atomic E-state index is 6.01. The van der Waals surface area contributed by atoms with E-state index in [1.807, 2.05) is 0 Å². The van der Waals surface area contributed by atoms with Gasteiger partial charge in [-0.2, -0.15) is 0 Å². The highest BCUT2D eigenvalue weighted by Crippen LogP contribution is 2.25. The van der Waals surface area contributed by atoms with Crippen molar-refractivity contribution in [2.45, 2.75) is 64.7 Å². The van der Waals surface area contributed by atoms with Crippen LogP contribution in [0.2, 0.25) is 0 Å². The first-order valence-corrected chi connectivity index (χ1v) is 6.29. The van der Waals surface area contributed by atoms with Gasteiger partial charge in [0.25, 0.3) is 0 Å². The number of unbranched alkanes of at least 4 members (excludes halogenated alkanes) is 2. The van der Waals surface area contributed by atoms with Gasteiger partial charge in [0.1, 0.15) is 0 Å². The van der Waals surface area contributed by atoms with Crippen LogP contribution in [0.15, 0.2) is 11.8 Å². The smallest absolute Gasteiger partial charge is 0.00427 e. The topological polar surface area (TPSA) is 26.0 Å². The van der Waals surface area contributed by atoms with Crippen molar-refractivity contribution in [1.82, 2.24) is 0 Å². The van der Waals surface area contributed by atoms with Crippen LogP contribution in [0.4, 0.5) is 0 Å². The highest BCUT2D eigenvalue weighted by molar-refractivity contribution is 5.00. The second-order valence-electron chi connectivity index (χ2n) is 4.60. The summed E-state index contributed by atoms with van der Waals surface area (Å²) in [6.45, 7) is 2.24. The zero-order valence-corrected chi connectivity index (χ0v) is 9.60. The molecule has 82 valence electrons. The Morgan fingerprint density at radius 3 is 2.57 bits per heavy atom. The van der Waals surface area contributed by atoms with E-state index in [9.17, 15) is 0 Å². The number of rotatable bonds is 5. The summed E-state index contributed by atoms with van der Waals surface area (Å²) in [4.78, 5) is 0. The Morgan fingerprint density at radius 1 is 1.21 bits per heavy atom. The number of nitrogens with two attached hydrogens (primary N) is 1. The Bertz CT molecular complexity index is 166. The predicted octanol–water partition coefficient (Wildman–Crippen LogP) is 3.99. The molecule has 0 aliphatic heterocycles. The van der Waals surface area contributed by atoms with Gasteiger partial charge in [0.05, 0.1) is 0 Å². The maximum Gasteiger partial charge on any atom is 0.00427 e. The summed E-state index contributed by atoms with van der Waals surface area (Å²) in [7, 11) is 0. The highest BCUT2D eigenvalue weighted by atomic mass is 14.6. The third-order valence-corrected chi connectivity index (χ3v) is 3.17. The van der Waals surface area contributed by atoms with Crippen LogP contribution in [0.5, 0.6) is 0 Å². The molecule has 1 saturated carbocycles. The predicted molar refractivity (Wildman–Crippen MR) is 63.0 cm³/mol. The van der Waals surface area contributed by atoms with Crippen LogP contribution in [-0.2, 0) is 0 Å². The molecule has 1 heteroatoms. The Balaban J connectivity index is 2.19. The lowest BCUT2D eigenvalue weighted by atomic mass is 9.88. The molecule has 1 nitrogen and oxygen atoms in total. The van der Waals surface area contributed by atoms with E-state index in [1.165, 1.54) is 51.4 Å². The molecule has 0 heterocycles. The second kappa shape index (κ2) is 6.92. The number of hydrogen-bond acceptors (Lipinski definition) is 1. The van der Waals surface area contributed by atoms with Gasteiger partial charge in [0.2, 0.25) is 0 Å². The SMILES string of the molecule is CCCCC/C(N)=C\C1CCCCC1. The van der Waals surface area contributed by atoms with Crippen LogP contribution in [-0.4, -0.2) is 0 Å². The summed E-state index contributed by atoms with van der Waals surface area (Å²) in [6.07, 6.45) is 14.3. The molecule has 0 aromatic heterocycles. The first-order chi connectivity index (χ1) is 6.83. The molecule has 0 saturated heterocycles. The third kappa shape index (κ3) is 4.69. The van der Waals surface area contributed by atoms with Gasteiger partial charge in [-0.25, -0.2) is 0 Å². The van der Waals surface area contributed by atoms with E-state index in [4.69, 9.17) is 5.73 Å². The van der Waals surface area contributed by atoms with Crippen molar-refractivity contribution in [3.63, 3.8) is 0 Å². The van der Waals surface area contributed by atoms with Gasteiger partial charge in [-0.3, -0.25) is 0 Å². The van der Waals surface area contributed by atoms with Gasteiger partial charge in [0, 0.05) is 5.70 Å². The normalized spacial score (nSPS) is 19.9. The summed E-state index contributed by atoms with van der Waals surface area (Å²) in [5.74, 6) is 0.797. The van der Waals surface area contributed by atoms with E-state index in [1.54, 1.807) is 0 Å². The highest BCUT2D eigenvalue weighted by Gasteiger charge is 2.10. The van der Waals surface area contributed by atoms with Crippen LogP contribution in [0.1, 0.15) is 64.7 Å². The molecule has 1 fully saturated rings. The fourth-order valence-electron chi connectivity index (χ4n) is 2.27. The van der Waals surface area contributed by atoms with Crippen molar-refractivity contribution in [3.8, 4) is 0 Å². The van der Waals surface area contributed by atoms with Crippen LogP contribution in [0, 0.1) is 5.92 Å². The van der Waals surface area contributed by atoms with Gasteiger partial charge in [0.15, 0.2) is 0 Å². The lowest BCUT2D eigenvalue weighted by Crippen LogP contribution is -2.07. The molecule has 1 rings (SSSR count). The molecule has 2 N–H and O–H groups in total. The van der Waals surface area contributed by atoms with E-state index < -0.39 is 0 Å². The Hall–Kier alpha value is -0.460. The van der Waals surface area contributed by atoms with Crippen molar-refractivity contribution in [1.29, 1.82) is 0 Å². The van der Waals surface area contributed by atoms with Crippen LogP contribution in [0.25, 0.3) is 0 Å². The Morgan fingerprint density at radius 2 is 1.93 bits per heavy atom. The quantitative estimate of drug-likeness (QED) is 0.659. The summed E-state index contributed by atoms with van der Waals surface area (Å²) >= 11 is 0. The molecule has 1 aliphatic carbocycles. The van der Waals surface area contributed by atoms with Crippen molar-refractivity contribution >= 4 is 0 Å². The minimum absolute atomic E-state index is 0.797. The molecule has 0 bridgehead atoms. The van der Waals surface area contributed by atoms with E-state index >= 15 is 0 Å². The lowest BCUT2D eigenvalue weighted by molar-refractivity contribution is 0.417. The maximum atomic E-state index is 6.01. The first kappa shape index (κ1) is 11.6. The van der Waals surface area contributed by atoms with Gasteiger partial charge >= 0.3 is 0 Å². The molecule has 0 radical (unpaired) electrons. The largest absolute Gasteiger partial charge is 0.402 e. The molecular formula is C13H25N. The van der Waals surface area contributed by atoms with E-state index in [0.29, 0.717) is 0 Å². The Labute approximate surface area is 88.8 Å². The molecule has 0 spiro atoms. The minimum Gasteiger partial charge on any atom is -0.402 e. The Kier molecular flexibility index (Phi) is 5.74. The van der Waals surface area contributed by atoms with E-state index in [2.05, 4.69) is 13.0 Å². The van der Waals surface area contributed by atoms with Gasteiger partial charge < -0.3 is 5.73 Å². The fraction of sp³-hybridized carbons (Fsp3) is 0.846. The van der Waals surface area contributed by atoms with Gasteiger partial charge in [-0.05, 0) is 31.6 Å². The molecule has 14 heavy (non-hydrogen) atoms.